The Balaban J connectivity index is 3.16. The average molecular weight is 285 g/mol. The maximum atomic E-state index is 6.09. The Kier molecular flexibility index (Phi) is 6.05. The summed E-state index contributed by atoms with van der Waals surface area (Å²) in [6.45, 7) is 12.2. The van der Waals surface area contributed by atoms with Crippen LogP contribution < -0.4 is 4.78 Å². The zero-order valence-corrected chi connectivity index (χ0v) is 13.9. The zero-order valence-electron chi connectivity index (χ0n) is 13.1. The summed E-state index contributed by atoms with van der Waals surface area (Å²) < 4.78 is 19.3. The van der Waals surface area contributed by atoms with Gasteiger partial charge in [0.25, 0.3) is 0 Å². The molecule has 110 valence electrons. The lowest BCUT2D eigenvalue weighted by Crippen LogP contribution is -2.59. The fourth-order valence-electron chi connectivity index (χ4n) is 2.02. The van der Waals surface area contributed by atoms with Crippen molar-refractivity contribution in [3.63, 3.8) is 0 Å². The van der Waals surface area contributed by atoms with Crippen molar-refractivity contribution < 1.29 is 14.0 Å². The Hall–Kier alpha value is -0.355. The molecule has 5 heteroatoms. The fourth-order valence-corrected chi connectivity index (χ4v) is 2.97. The SMILES string of the molecule is Cc1ccc([B-](OC(C)C)(OC(C)C)OC(C)C)s1. The molecule has 1 aromatic heterocycles. The van der Waals surface area contributed by atoms with E-state index in [0.29, 0.717) is 0 Å². The van der Waals surface area contributed by atoms with E-state index in [1.54, 1.807) is 11.3 Å². The second kappa shape index (κ2) is 6.89. The third kappa shape index (κ3) is 4.91. The summed E-state index contributed by atoms with van der Waals surface area (Å²) in [6.07, 6.45) is 0.125. The van der Waals surface area contributed by atoms with Gasteiger partial charge in [0.1, 0.15) is 0 Å². The summed E-state index contributed by atoms with van der Waals surface area (Å²) in [5.74, 6) is 0. The van der Waals surface area contributed by atoms with E-state index in [1.807, 2.05) is 47.6 Å². The van der Waals surface area contributed by atoms with Gasteiger partial charge in [0.15, 0.2) is 0 Å². The zero-order chi connectivity index (χ0) is 14.6. The maximum Gasteiger partial charge on any atom is 0.419 e. The highest BCUT2D eigenvalue weighted by molar-refractivity contribution is 7.24. The van der Waals surface area contributed by atoms with Gasteiger partial charge in [-0.3, -0.25) is 0 Å². The molecule has 0 fully saturated rings. The van der Waals surface area contributed by atoms with Crippen molar-refractivity contribution in [1.82, 2.24) is 0 Å². The molecule has 0 aliphatic heterocycles. The van der Waals surface area contributed by atoms with E-state index in [0.717, 1.165) is 4.78 Å². The molecule has 0 bridgehead atoms. The lowest BCUT2D eigenvalue weighted by atomic mass is 9.74. The van der Waals surface area contributed by atoms with Gasteiger partial charge < -0.3 is 14.0 Å². The van der Waals surface area contributed by atoms with Gasteiger partial charge in [-0.05, 0) is 53.3 Å². The van der Waals surface area contributed by atoms with Crippen LogP contribution in [0.1, 0.15) is 46.4 Å². The molecule has 1 aromatic rings. The molecule has 0 unspecified atom stereocenters. The van der Waals surface area contributed by atoms with E-state index >= 15 is 0 Å². The van der Waals surface area contributed by atoms with Gasteiger partial charge in [-0.25, -0.2) is 0 Å². The van der Waals surface area contributed by atoms with Crippen molar-refractivity contribution in [3.05, 3.63) is 17.0 Å². The van der Waals surface area contributed by atoms with Gasteiger partial charge in [0.2, 0.25) is 0 Å². The number of thiophene rings is 1. The molecule has 1 heterocycles. The van der Waals surface area contributed by atoms with E-state index in [4.69, 9.17) is 14.0 Å². The minimum atomic E-state index is -1.88. The summed E-state index contributed by atoms with van der Waals surface area (Å²) in [5, 5.41) is 0. The largest absolute Gasteiger partial charge is 0.538 e. The molecule has 0 amide bonds. The van der Waals surface area contributed by atoms with Crippen LogP contribution in [-0.4, -0.2) is 25.1 Å². The minimum Gasteiger partial charge on any atom is -0.538 e. The molecule has 0 radical (unpaired) electrons. The predicted molar refractivity (Wildman–Crippen MR) is 83.1 cm³/mol. The minimum absolute atomic E-state index is 0.0416. The van der Waals surface area contributed by atoms with Gasteiger partial charge in [0.05, 0.1) is 0 Å². The molecule has 0 aromatic carbocycles. The Labute approximate surface area is 121 Å². The second-order valence-electron chi connectivity index (χ2n) is 5.65. The highest BCUT2D eigenvalue weighted by atomic mass is 32.1. The number of rotatable bonds is 7. The van der Waals surface area contributed by atoms with E-state index in [2.05, 4.69) is 13.0 Å². The molecule has 0 aliphatic rings. The van der Waals surface area contributed by atoms with Crippen molar-refractivity contribution in [3.8, 4) is 0 Å². The molecule has 0 spiro atoms. The third-order valence-electron chi connectivity index (χ3n) is 2.46. The van der Waals surface area contributed by atoms with E-state index in [9.17, 15) is 0 Å². The lowest BCUT2D eigenvalue weighted by molar-refractivity contribution is 0.0159. The van der Waals surface area contributed by atoms with Crippen LogP contribution in [0.3, 0.4) is 0 Å². The molecule has 19 heavy (non-hydrogen) atoms. The summed E-state index contributed by atoms with van der Waals surface area (Å²) in [4.78, 5) is 1.23. The molecular formula is C14H26BO3S-. The van der Waals surface area contributed by atoms with Crippen molar-refractivity contribution in [2.75, 3.05) is 0 Å². The van der Waals surface area contributed by atoms with Gasteiger partial charge in [-0.1, -0.05) is 16.9 Å². The Morgan fingerprint density at radius 1 is 0.842 bits per heavy atom. The first-order chi connectivity index (χ1) is 8.75. The Morgan fingerprint density at radius 3 is 1.53 bits per heavy atom. The standard InChI is InChI=1S/C14H26BO3S/c1-10(2)16-15(17-11(3)4,18-12(5)6)14-9-8-13(7)19-14/h8-12H,1-7H3/q-1. The maximum absolute atomic E-state index is 6.09. The third-order valence-corrected chi connectivity index (χ3v) is 3.58. The Bertz CT molecular complexity index is 361. The molecule has 0 aliphatic carbocycles. The molecule has 0 saturated carbocycles. The van der Waals surface area contributed by atoms with Crippen LogP contribution in [0.25, 0.3) is 0 Å². The second-order valence-corrected chi connectivity index (χ2v) is 6.96. The van der Waals surface area contributed by atoms with E-state index in [-0.39, 0.29) is 18.3 Å². The van der Waals surface area contributed by atoms with Crippen LogP contribution in [0.4, 0.5) is 0 Å². The van der Waals surface area contributed by atoms with Crippen LogP contribution >= 0.6 is 11.3 Å². The summed E-state index contributed by atoms with van der Waals surface area (Å²) in [6, 6.07) is 4.13. The van der Waals surface area contributed by atoms with Gasteiger partial charge in [0, 0.05) is 18.3 Å². The first-order valence-electron chi connectivity index (χ1n) is 6.99. The first-order valence-corrected chi connectivity index (χ1v) is 7.80. The van der Waals surface area contributed by atoms with Gasteiger partial charge in [-0.15, -0.1) is 0 Å². The molecule has 1 rings (SSSR count). The van der Waals surface area contributed by atoms with E-state index in [1.165, 1.54) is 4.88 Å². The summed E-state index contributed by atoms with van der Waals surface area (Å²) in [5.41, 5.74) is 0. The number of hydrogen-bond acceptors (Lipinski definition) is 4. The van der Waals surface area contributed by atoms with Crippen LogP contribution in [0.2, 0.25) is 0 Å². The fraction of sp³-hybridized carbons (Fsp3) is 0.714. The van der Waals surface area contributed by atoms with Crippen LogP contribution in [0.5, 0.6) is 0 Å². The summed E-state index contributed by atoms with van der Waals surface area (Å²) >= 11 is 1.67. The van der Waals surface area contributed by atoms with Crippen molar-refractivity contribution in [2.45, 2.75) is 66.8 Å². The van der Waals surface area contributed by atoms with Gasteiger partial charge in [-0.2, -0.15) is 11.3 Å². The van der Waals surface area contributed by atoms with Crippen LogP contribution in [-0.2, 0) is 14.0 Å². The van der Waals surface area contributed by atoms with Crippen LogP contribution in [0, 0.1) is 6.92 Å². The van der Waals surface area contributed by atoms with E-state index < -0.39 is 6.75 Å². The quantitative estimate of drug-likeness (QED) is 0.718. The topological polar surface area (TPSA) is 27.7 Å². The van der Waals surface area contributed by atoms with Crippen LogP contribution in [0.15, 0.2) is 12.1 Å². The first kappa shape index (κ1) is 16.7. The summed E-state index contributed by atoms with van der Waals surface area (Å²) in [7, 11) is 0. The molecule has 3 nitrogen and oxygen atoms in total. The monoisotopic (exact) mass is 285 g/mol. The number of hydrogen-bond donors (Lipinski definition) is 0. The molecular weight excluding hydrogens is 259 g/mol. The van der Waals surface area contributed by atoms with Crippen molar-refractivity contribution in [2.24, 2.45) is 0 Å². The number of aryl methyl sites for hydroxylation is 1. The molecule has 0 saturated heterocycles. The van der Waals surface area contributed by atoms with Gasteiger partial charge >= 0.3 is 6.75 Å². The smallest absolute Gasteiger partial charge is 0.419 e. The highest BCUT2D eigenvalue weighted by Crippen LogP contribution is 2.21. The highest BCUT2D eigenvalue weighted by Gasteiger charge is 2.36. The Morgan fingerprint density at radius 2 is 1.26 bits per heavy atom. The van der Waals surface area contributed by atoms with Crippen molar-refractivity contribution in [1.29, 1.82) is 0 Å². The average Bonchev–Trinajstić information content (AvgIpc) is 2.61. The normalized spacial score (nSPS) is 12.9. The predicted octanol–water partition coefficient (Wildman–Crippen LogP) is 3.48. The molecule has 0 N–H and O–H groups in total. The molecule has 0 atom stereocenters. The lowest BCUT2D eigenvalue weighted by Gasteiger charge is -2.45. The van der Waals surface area contributed by atoms with Crippen molar-refractivity contribution >= 4 is 22.9 Å².